The van der Waals surface area contributed by atoms with Gasteiger partial charge in [-0.3, -0.25) is 9.59 Å². The lowest BCUT2D eigenvalue weighted by molar-refractivity contribution is -0.129. The molecule has 2 aromatic rings. The Morgan fingerprint density at radius 2 is 1.54 bits per heavy atom. The molecule has 2 aromatic carbocycles. The SMILES string of the molecule is O=C(CN(C1CCCCC1)S(=O)(=O)c1ccc(Br)cc1)Nc1ccc(CC(=O)N2CCCC2)cc1. The minimum Gasteiger partial charge on any atom is -0.342 e. The van der Waals surface area contributed by atoms with E-state index in [-0.39, 0.29) is 29.3 Å². The Kier molecular flexibility index (Phi) is 8.62. The van der Waals surface area contributed by atoms with Crippen LogP contribution in [0.4, 0.5) is 5.69 Å². The maximum absolute atomic E-state index is 13.5. The summed E-state index contributed by atoms with van der Waals surface area (Å²) < 4.78 is 29.1. The Morgan fingerprint density at radius 3 is 2.17 bits per heavy atom. The van der Waals surface area contributed by atoms with Crippen LogP contribution in [0.15, 0.2) is 57.9 Å². The third kappa shape index (κ3) is 6.71. The second kappa shape index (κ2) is 11.7. The van der Waals surface area contributed by atoms with Gasteiger partial charge in [-0.25, -0.2) is 8.42 Å². The minimum absolute atomic E-state index is 0.126. The number of nitrogens with zero attached hydrogens (tertiary/aromatic N) is 2. The van der Waals surface area contributed by atoms with Crippen molar-refractivity contribution in [2.75, 3.05) is 25.0 Å². The summed E-state index contributed by atoms with van der Waals surface area (Å²) in [6.45, 7) is 1.42. The number of halogens is 1. The van der Waals surface area contributed by atoms with Gasteiger partial charge in [0.05, 0.1) is 17.9 Å². The van der Waals surface area contributed by atoms with Crippen LogP contribution < -0.4 is 5.32 Å². The lowest BCUT2D eigenvalue weighted by atomic mass is 9.95. The van der Waals surface area contributed by atoms with Crippen molar-refractivity contribution in [2.45, 2.75) is 62.3 Å². The molecule has 2 fully saturated rings. The first kappa shape index (κ1) is 25.9. The van der Waals surface area contributed by atoms with Gasteiger partial charge in [-0.2, -0.15) is 4.31 Å². The molecule has 2 aliphatic rings. The van der Waals surface area contributed by atoms with Gasteiger partial charge in [-0.05, 0) is 67.6 Å². The van der Waals surface area contributed by atoms with E-state index in [0.717, 1.165) is 68.1 Å². The van der Waals surface area contributed by atoms with Crippen molar-refractivity contribution in [2.24, 2.45) is 0 Å². The highest BCUT2D eigenvalue weighted by Crippen LogP contribution is 2.28. The van der Waals surface area contributed by atoms with Crippen LogP contribution in [0.1, 0.15) is 50.5 Å². The van der Waals surface area contributed by atoms with E-state index in [4.69, 9.17) is 0 Å². The van der Waals surface area contributed by atoms with Crippen molar-refractivity contribution in [3.05, 3.63) is 58.6 Å². The first-order valence-corrected chi connectivity index (χ1v) is 14.5. The Bertz CT molecular complexity index is 1120. The smallest absolute Gasteiger partial charge is 0.243 e. The first-order valence-electron chi connectivity index (χ1n) is 12.3. The van der Waals surface area contributed by atoms with Crippen molar-refractivity contribution in [3.8, 4) is 0 Å². The Balaban J connectivity index is 1.43. The van der Waals surface area contributed by atoms with Gasteiger partial charge >= 0.3 is 0 Å². The Labute approximate surface area is 216 Å². The number of nitrogens with one attached hydrogen (secondary N) is 1. The second-order valence-electron chi connectivity index (χ2n) is 9.31. The fraction of sp³-hybridized carbons (Fsp3) is 0.462. The number of anilines is 1. The molecule has 1 aliphatic carbocycles. The lowest BCUT2D eigenvalue weighted by Crippen LogP contribution is -2.45. The van der Waals surface area contributed by atoms with E-state index in [1.54, 1.807) is 36.4 Å². The molecule has 1 N–H and O–H groups in total. The minimum atomic E-state index is -3.82. The monoisotopic (exact) mass is 561 g/mol. The van der Waals surface area contributed by atoms with Gasteiger partial charge < -0.3 is 10.2 Å². The predicted molar refractivity (Wildman–Crippen MR) is 139 cm³/mol. The summed E-state index contributed by atoms with van der Waals surface area (Å²) in [6.07, 6.45) is 6.97. The molecule has 1 heterocycles. The van der Waals surface area contributed by atoms with Crippen LogP contribution in [-0.2, 0) is 26.0 Å². The molecule has 188 valence electrons. The third-order valence-electron chi connectivity index (χ3n) is 6.75. The highest BCUT2D eigenvalue weighted by atomic mass is 79.9. The van der Waals surface area contributed by atoms with Crippen molar-refractivity contribution < 1.29 is 18.0 Å². The molecule has 0 unspecified atom stereocenters. The lowest BCUT2D eigenvalue weighted by Gasteiger charge is -2.33. The van der Waals surface area contributed by atoms with Crippen LogP contribution in [0.25, 0.3) is 0 Å². The van der Waals surface area contributed by atoms with Crippen LogP contribution in [0.3, 0.4) is 0 Å². The van der Waals surface area contributed by atoms with Crippen LogP contribution >= 0.6 is 15.9 Å². The largest absolute Gasteiger partial charge is 0.342 e. The molecule has 0 radical (unpaired) electrons. The second-order valence-corrected chi connectivity index (χ2v) is 12.1. The molecule has 2 amide bonds. The number of amides is 2. The Hall–Kier alpha value is -2.23. The third-order valence-corrected chi connectivity index (χ3v) is 9.19. The molecular weight excluding hydrogens is 530 g/mol. The van der Waals surface area contributed by atoms with E-state index in [9.17, 15) is 18.0 Å². The summed E-state index contributed by atoms with van der Waals surface area (Å²) in [5, 5.41) is 2.83. The van der Waals surface area contributed by atoms with E-state index in [0.29, 0.717) is 12.1 Å². The highest BCUT2D eigenvalue weighted by Gasteiger charge is 2.34. The summed E-state index contributed by atoms with van der Waals surface area (Å²) in [4.78, 5) is 27.4. The van der Waals surface area contributed by atoms with Crippen molar-refractivity contribution >= 4 is 43.5 Å². The number of sulfonamides is 1. The van der Waals surface area contributed by atoms with Gasteiger partial charge in [0.1, 0.15) is 0 Å². The van der Waals surface area contributed by atoms with Gasteiger partial charge in [-0.1, -0.05) is 47.3 Å². The summed E-state index contributed by atoms with van der Waals surface area (Å²) >= 11 is 3.34. The van der Waals surface area contributed by atoms with E-state index < -0.39 is 10.0 Å². The molecule has 1 saturated carbocycles. The van der Waals surface area contributed by atoms with Crippen LogP contribution in [0.2, 0.25) is 0 Å². The highest BCUT2D eigenvalue weighted by molar-refractivity contribution is 9.10. The van der Waals surface area contributed by atoms with E-state index in [1.165, 1.54) is 4.31 Å². The molecule has 0 bridgehead atoms. The standard InChI is InChI=1S/C26H32BrN3O4S/c27-21-10-14-24(15-11-21)35(33,34)30(23-6-2-1-3-7-23)19-25(31)28-22-12-8-20(9-13-22)18-26(32)29-16-4-5-17-29/h8-15,23H,1-7,16-19H2,(H,28,31). The summed E-state index contributed by atoms with van der Waals surface area (Å²) in [6, 6.07) is 13.5. The van der Waals surface area contributed by atoms with E-state index in [2.05, 4.69) is 21.2 Å². The molecule has 0 atom stereocenters. The molecule has 1 saturated heterocycles. The maximum atomic E-state index is 13.5. The normalized spacial score (nSPS) is 17.0. The number of carbonyl (C=O) groups excluding carboxylic acids is 2. The number of carbonyl (C=O) groups is 2. The zero-order valence-electron chi connectivity index (χ0n) is 19.8. The zero-order valence-corrected chi connectivity index (χ0v) is 22.2. The summed E-state index contributed by atoms with van der Waals surface area (Å²) in [7, 11) is -3.82. The van der Waals surface area contributed by atoms with E-state index >= 15 is 0 Å². The Morgan fingerprint density at radius 1 is 0.914 bits per heavy atom. The number of hydrogen-bond acceptors (Lipinski definition) is 4. The van der Waals surface area contributed by atoms with Gasteiger partial charge in [0.15, 0.2) is 0 Å². The van der Waals surface area contributed by atoms with Crippen LogP contribution in [0, 0.1) is 0 Å². The molecule has 9 heteroatoms. The molecule has 0 spiro atoms. The first-order chi connectivity index (χ1) is 16.8. The average molecular weight is 563 g/mol. The molecule has 35 heavy (non-hydrogen) atoms. The zero-order chi connectivity index (χ0) is 24.8. The summed E-state index contributed by atoms with van der Waals surface area (Å²) in [5.74, 6) is -0.252. The summed E-state index contributed by atoms with van der Waals surface area (Å²) in [5.41, 5.74) is 1.47. The van der Waals surface area contributed by atoms with Gasteiger partial charge in [-0.15, -0.1) is 0 Å². The molecule has 0 aromatic heterocycles. The number of hydrogen-bond donors (Lipinski definition) is 1. The van der Waals surface area contributed by atoms with Crippen LogP contribution in [-0.4, -0.2) is 55.1 Å². The van der Waals surface area contributed by atoms with E-state index in [1.807, 2.05) is 17.0 Å². The van der Waals surface area contributed by atoms with Gasteiger partial charge in [0.25, 0.3) is 0 Å². The predicted octanol–water partition coefficient (Wildman–Crippen LogP) is 4.58. The van der Waals surface area contributed by atoms with Crippen LogP contribution in [0.5, 0.6) is 0 Å². The number of benzene rings is 2. The maximum Gasteiger partial charge on any atom is 0.243 e. The fourth-order valence-electron chi connectivity index (χ4n) is 4.82. The van der Waals surface area contributed by atoms with Crippen molar-refractivity contribution in [3.63, 3.8) is 0 Å². The number of rotatable bonds is 8. The fourth-order valence-corrected chi connectivity index (χ4v) is 6.73. The molecule has 1 aliphatic heterocycles. The van der Waals surface area contributed by atoms with Gasteiger partial charge in [0, 0.05) is 29.3 Å². The molecular formula is C26H32BrN3O4S. The topological polar surface area (TPSA) is 86.8 Å². The number of likely N-dealkylation sites (tertiary alicyclic amines) is 1. The molecule has 4 rings (SSSR count). The molecule has 7 nitrogen and oxygen atoms in total. The average Bonchev–Trinajstić information content (AvgIpc) is 3.40. The van der Waals surface area contributed by atoms with Gasteiger partial charge in [0.2, 0.25) is 21.8 Å². The van der Waals surface area contributed by atoms with Crippen molar-refractivity contribution in [1.82, 2.24) is 9.21 Å². The van der Waals surface area contributed by atoms with Crippen molar-refractivity contribution in [1.29, 1.82) is 0 Å². The quantitative estimate of drug-likeness (QED) is 0.511.